The SMILES string of the molecule is C[C@@H]1COCCN1CC(=O)Cc1cc2cc(-c3cnn(C)c3)ccc2cn1. The van der Waals surface area contributed by atoms with Crippen LogP contribution in [0.25, 0.3) is 21.9 Å². The van der Waals surface area contributed by atoms with E-state index in [4.69, 9.17) is 4.74 Å². The summed E-state index contributed by atoms with van der Waals surface area (Å²) in [6, 6.07) is 8.58. The molecule has 0 N–H and O–H groups in total. The largest absolute Gasteiger partial charge is 0.379 e. The molecule has 0 radical (unpaired) electrons. The van der Waals surface area contributed by atoms with Crippen LogP contribution in [0.3, 0.4) is 0 Å². The van der Waals surface area contributed by atoms with Gasteiger partial charge in [0.25, 0.3) is 0 Å². The van der Waals surface area contributed by atoms with E-state index in [1.807, 2.05) is 31.7 Å². The summed E-state index contributed by atoms with van der Waals surface area (Å²) in [6.45, 7) is 4.76. The lowest BCUT2D eigenvalue weighted by Gasteiger charge is -2.32. The zero-order chi connectivity index (χ0) is 18.8. The lowest BCUT2D eigenvalue weighted by molar-refractivity contribution is -0.121. The number of fused-ring (bicyclic) bond motifs is 1. The van der Waals surface area contributed by atoms with E-state index in [0.29, 0.717) is 26.2 Å². The number of carbonyl (C=O) groups excluding carboxylic acids is 1. The molecule has 27 heavy (non-hydrogen) atoms. The van der Waals surface area contributed by atoms with E-state index < -0.39 is 0 Å². The zero-order valence-electron chi connectivity index (χ0n) is 15.8. The maximum Gasteiger partial charge on any atom is 0.152 e. The minimum Gasteiger partial charge on any atom is -0.379 e. The van der Waals surface area contributed by atoms with Crippen molar-refractivity contribution in [1.82, 2.24) is 19.7 Å². The number of Topliss-reactive ketones (excluding diaryl/α,β-unsaturated/α-hetero) is 1. The van der Waals surface area contributed by atoms with Gasteiger partial charge in [0, 0.05) is 48.7 Å². The molecule has 1 aliphatic heterocycles. The van der Waals surface area contributed by atoms with Gasteiger partial charge in [-0.1, -0.05) is 12.1 Å². The van der Waals surface area contributed by atoms with Crippen LogP contribution in [0.1, 0.15) is 12.6 Å². The Balaban J connectivity index is 1.51. The molecule has 0 spiro atoms. The Morgan fingerprint density at radius 2 is 2.11 bits per heavy atom. The van der Waals surface area contributed by atoms with Gasteiger partial charge in [0.2, 0.25) is 0 Å². The first-order chi connectivity index (χ1) is 13.1. The smallest absolute Gasteiger partial charge is 0.152 e. The third-order valence-electron chi connectivity index (χ3n) is 5.08. The van der Waals surface area contributed by atoms with E-state index >= 15 is 0 Å². The van der Waals surface area contributed by atoms with Crippen LogP contribution in [0.2, 0.25) is 0 Å². The standard InChI is InChI=1S/C21H24N4O2/c1-15-14-27-6-5-25(15)13-21(26)9-20-8-18-7-16(3-4-17(18)10-22-20)19-11-23-24(2)12-19/h3-4,7-8,10-12,15H,5-6,9,13-14H2,1-2H3/t15-/m1/s1. The summed E-state index contributed by atoms with van der Waals surface area (Å²) < 4.78 is 7.23. The number of hydrogen-bond acceptors (Lipinski definition) is 5. The third kappa shape index (κ3) is 4.07. The number of ether oxygens (including phenoxy) is 1. The molecule has 6 nitrogen and oxygen atoms in total. The Labute approximate surface area is 158 Å². The van der Waals surface area contributed by atoms with Crippen LogP contribution < -0.4 is 0 Å². The van der Waals surface area contributed by atoms with Crippen LogP contribution in [0.15, 0.2) is 42.9 Å². The number of carbonyl (C=O) groups is 1. The highest BCUT2D eigenvalue weighted by Gasteiger charge is 2.21. The van der Waals surface area contributed by atoms with E-state index in [0.717, 1.165) is 34.1 Å². The van der Waals surface area contributed by atoms with Gasteiger partial charge in [-0.15, -0.1) is 0 Å². The fraction of sp³-hybridized carbons (Fsp3) is 0.381. The maximum absolute atomic E-state index is 12.5. The molecule has 140 valence electrons. The van der Waals surface area contributed by atoms with Gasteiger partial charge in [0.1, 0.15) is 0 Å². The first-order valence-electron chi connectivity index (χ1n) is 9.30. The summed E-state index contributed by atoms with van der Waals surface area (Å²) in [5, 5.41) is 6.40. The molecule has 0 bridgehead atoms. The Hall–Kier alpha value is -2.57. The van der Waals surface area contributed by atoms with Crippen LogP contribution in [-0.2, 0) is 23.0 Å². The number of morpholine rings is 1. The van der Waals surface area contributed by atoms with Gasteiger partial charge in [-0.25, -0.2) is 0 Å². The van der Waals surface area contributed by atoms with E-state index in [-0.39, 0.29) is 11.8 Å². The van der Waals surface area contributed by atoms with Crippen LogP contribution in [0.5, 0.6) is 0 Å². The monoisotopic (exact) mass is 364 g/mol. The quantitative estimate of drug-likeness (QED) is 0.696. The number of hydrogen-bond donors (Lipinski definition) is 0. The van der Waals surface area contributed by atoms with Crippen molar-refractivity contribution in [3.05, 3.63) is 48.5 Å². The van der Waals surface area contributed by atoms with Crippen LogP contribution in [-0.4, -0.2) is 57.8 Å². The summed E-state index contributed by atoms with van der Waals surface area (Å²) in [5.41, 5.74) is 3.01. The molecule has 3 aromatic rings. The normalized spacial score (nSPS) is 18.1. The maximum atomic E-state index is 12.5. The molecule has 3 heterocycles. The minimum absolute atomic E-state index is 0.194. The average Bonchev–Trinajstić information content (AvgIpc) is 3.09. The fourth-order valence-corrected chi connectivity index (χ4v) is 3.51. The zero-order valence-corrected chi connectivity index (χ0v) is 15.8. The lowest BCUT2D eigenvalue weighted by Crippen LogP contribution is -2.46. The molecular formula is C21H24N4O2. The highest BCUT2D eigenvalue weighted by Crippen LogP contribution is 2.24. The van der Waals surface area contributed by atoms with Crippen LogP contribution in [0.4, 0.5) is 0 Å². The minimum atomic E-state index is 0.194. The van der Waals surface area contributed by atoms with Gasteiger partial charge >= 0.3 is 0 Å². The van der Waals surface area contributed by atoms with Gasteiger partial charge in [-0.3, -0.25) is 19.4 Å². The molecule has 1 saturated heterocycles. The van der Waals surface area contributed by atoms with Gasteiger partial charge in [0.05, 0.1) is 32.4 Å². The second-order valence-corrected chi connectivity index (χ2v) is 7.25. The number of ketones is 1. The number of benzene rings is 1. The van der Waals surface area contributed by atoms with Crippen molar-refractivity contribution in [3.8, 4) is 11.1 Å². The van der Waals surface area contributed by atoms with E-state index in [9.17, 15) is 4.79 Å². The van der Waals surface area contributed by atoms with Gasteiger partial charge in [-0.2, -0.15) is 5.10 Å². The Morgan fingerprint density at radius 1 is 1.22 bits per heavy atom. The predicted octanol–water partition coefficient (Wildman–Crippen LogP) is 2.47. The Bertz CT molecular complexity index is 966. The van der Waals surface area contributed by atoms with E-state index in [1.54, 1.807) is 4.68 Å². The summed E-state index contributed by atoms with van der Waals surface area (Å²) >= 11 is 0. The van der Waals surface area contributed by atoms with Gasteiger partial charge in [-0.05, 0) is 30.0 Å². The molecule has 0 amide bonds. The molecule has 2 aromatic heterocycles. The molecular weight excluding hydrogens is 340 g/mol. The number of nitrogens with zero attached hydrogens (tertiary/aromatic N) is 4. The van der Waals surface area contributed by atoms with Crippen molar-refractivity contribution in [2.45, 2.75) is 19.4 Å². The summed E-state index contributed by atoms with van der Waals surface area (Å²) in [4.78, 5) is 19.2. The predicted molar refractivity (Wildman–Crippen MR) is 105 cm³/mol. The molecule has 0 aliphatic carbocycles. The van der Waals surface area contributed by atoms with Crippen molar-refractivity contribution in [1.29, 1.82) is 0 Å². The molecule has 1 atom stereocenters. The van der Waals surface area contributed by atoms with Crippen molar-refractivity contribution >= 4 is 16.6 Å². The average molecular weight is 364 g/mol. The summed E-state index contributed by atoms with van der Waals surface area (Å²) in [7, 11) is 1.91. The molecule has 4 rings (SSSR count). The van der Waals surface area contributed by atoms with E-state index in [2.05, 4.69) is 40.1 Å². The molecule has 6 heteroatoms. The van der Waals surface area contributed by atoms with Crippen LogP contribution in [0, 0.1) is 0 Å². The number of aryl methyl sites for hydroxylation is 1. The molecule has 1 fully saturated rings. The Morgan fingerprint density at radius 3 is 2.89 bits per heavy atom. The van der Waals surface area contributed by atoms with Gasteiger partial charge in [0.15, 0.2) is 5.78 Å². The fourth-order valence-electron chi connectivity index (χ4n) is 3.51. The highest BCUT2D eigenvalue weighted by molar-refractivity contribution is 5.88. The second kappa shape index (κ2) is 7.58. The molecule has 1 aromatic carbocycles. The molecule has 1 aliphatic rings. The summed E-state index contributed by atoms with van der Waals surface area (Å²) in [6.07, 6.45) is 6.06. The lowest BCUT2D eigenvalue weighted by atomic mass is 10.0. The summed E-state index contributed by atoms with van der Waals surface area (Å²) in [5.74, 6) is 0.194. The van der Waals surface area contributed by atoms with Crippen molar-refractivity contribution in [2.75, 3.05) is 26.3 Å². The van der Waals surface area contributed by atoms with Crippen molar-refractivity contribution in [2.24, 2.45) is 7.05 Å². The highest BCUT2D eigenvalue weighted by atomic mass is 16.5. The third-order valence-corrected chi connectivity index (χ3v) is 5.08. The molecule has 0 unspecified atom stereocenters. The Kier molecular flexibility index (Phi) is 5.01. The number of rotatable bonds is 5. The van der Waals surface area contributed by atoms with Gasteiger partial charge < -0.3 is 4.74 Å². The van der Waals surface area contributed by atoms with Crippen LogP contribution >= 0.6 is 0 Å². The number of aromatic nitrogens is 3. The molecule has 0 saturated carbocycles. The van der Waals surface area contributed by atoms with Crippen molar-refractivity contribution in [3.63, 3.8) is 0 Å². The second-order valence-electron chi connectivity index (χ2n) is 7.25. The van der Waals surface area contributed by atoms with E-state index in [1.165, 1.54) is 0 Å². The first-order valence-corrected chi connectivity index (χ1v) is 9.30. The first kappa shape index (κ1) is 17.8. The number of pyridine rings is 1. The topological polar surface area (TPSA) is 60.2 Å². The van der Waals surface area contributed by atoms with Crippen molar-refractivity contribution < 1.29 is 9.53 Å².